The second-order valence-corrected chi connectivity index (χ2v) is 3.13. The summed E-state index contributed by atoms with van der Waals surface area (Å²) < 4.78 is 19.5. The monoisotopic (exact) mass is 227 g/mol. The Hall–Kier alpha value is -1.62. The topological polar surface area (TPSA) is 39.9 Å². The lowest BCUT2D eigenvalue weighted by atomic mass is 10.3. The van der Waals surface area contributed by atoms with Crippen molar-refractivity contribution in [2.75, 3.05) is 7.11 Å². The van der Waals surface area contributed by atoms with E-state index in [-0.39, 0.29) is 11.0 Å². The maximum Gasteiger partial charge on any atom is 0.229 e. The van der Waals surface area contributed by atoms with E-state index in [9.17, 15) is 4.39 Å². The first-order valence-electron chi connectivity index (χ1n) is 4.12. The number of benzene rings is 1. The average Bonchev–Trinajstić information content (AvgIpc) is 2.65. The van der Waals surface area contributed by atoms with E-state index in [0.717, 1.165) is 0 Å². The van der Waals surface area contributed by atoms with E-state index < -0.39 is 5.82 Å². The van der Waals surface area contributed by atoms with Crippen LogP contribution in [0.25, 0.3) is 5.69 Å². The van der Waals surface area contributed by atoms with Gasteiger partial charge in [-0.1, -0.05) is 0 Å². The average molecular weight is 228 g/mol. The summed E-state index contributed by atoms with van der Waals surface area (Å²) >= 11 is 5.76. The van der Waals surface area contributed by atoms with Gasteiger partial charge >= 0.3 is 0 Å². The Kier molecular flexibility index (Phi) is 2.55. The van der Waals surface area contributed by atoms with Gasteiger partial charge in [0.2, 0.25) is 5.28 Å². The van der Waals surface area contributed by atoms with E-state index in [1.165, 1.54) is 30.1 Å². The van der Waals surface area contributed by atoms with Crippen LogP contribution in [0.15, 0.2) is 24.5 Å². The van der Waals surface area contributed by atoms with Crippen molar-refractivity contribution in [2.24, 2.45) is 0 Å². The number of halogens is 2. The molecule has 78 valence electrons. The van der Waals surface area contributed by atoms with Gasteiger partial charge in [-0.05, 0) is 23.7 Å². The summed E-state index contributed by atoms with van der Waals surface area (Å²) in [6.45, 7) is 0. The van der Waals surface area contributed by atoms with Crippen molar-refractivity contribution in [3.8, 4) is 11.4 Å². The van der Waals surface area contributed by atoms with Crippen LogP contribution in [-0.4, -0.2) is 21.9 Å². The molecule has 2 rings (SSSR count). The first-order chi connectivity index (χ1) is 7.22. The zero-order chi connectivity index (χ0) is 10.8. The van der Waals surface area contributed by atoms with E-state index in [1.807, 2.05) is 0 Å². The van der Waals surface area contributed by atoms with E-state index in [1.54, 1.807) is 6.07 Å². The lowest BCUT2D eigenvalue weighted by molar-refractivity contribution is 0.386. The van der Waals surface area contributed by atoms with Gasteiger partial charge in [-0.2, -0.15) is 0 Å². The standard InChI is InChI=1S/C9H7ClFN3O/c1-15-8-4-6(2-3-7(8)11)14-5-12-13-9(14)10/h2-5H,1H3. The molecule has 1 heterocycles. The van der Waals surface area contributed by atoms with Gasteiger partial charge in [-0.3, -0.25) is 4.57 Å². The van der Waals surface area contributed by atoms with E-state index in [4.69, 9.17) is 16.3 Å². The summed E-state index contributed by atoms with van der Waals surface area (Å²) in [6.07, 6.45) is 1.44. The maximum absolute atomic E-state index is 13.1. The predicted octanol–water partition coefficient (Wildman–Crippen LogP) is 2.07. The third-order valence-electron chi connectivity index (χ3n) is 1.92. The molecule has 0 amide bonds. The zero-order valence-corrected chi connectivity index (χ0v) is 8.57. The van der Waals surface area contributed by atoms with E-state index >= 15 is 0 Å². The lowest BCUT2D eigenvalue weighted by Crippen LogP contribution is -1.95. The Morgan fingerprint density at radius 1 is 1.47 bits per heavy atom. The summed E-state index contributed by atoms with van der Waals surface area (Å²) in [6, 6.07) is 4.38. The van der Waals surface area contributed by atoms with Crippen molar-refractivity contribution in [3.05, 3.63) is 35.6 Å². The first-order valence-corrected chi connectivity index (χ1v) is 4.49. The molecule has 0 aliphatic rings. The number of hydrogen-bond acceptors (Lipinski definition) is 3. The van der Waals surface area contributed by atoms with Crippen LogP contribution in [-0.2, 0) is 0 Å². The highest BCUT2D eigenvalue weighted by Gasteiger charge is 2.07. The van der Waals surface area contributed by atoms with Gasteiger partial charge in [0.1, 0.15) is 6.33 Å². The largest absolute Gasteiger partial charge is 0.494 e. The minimum atomic E-state index is -0.426. The smallest absolute Gasteiger partial charge is 0.229 e. The SMILES string of the molecule is COc1cc(-n2cnnc2Cl)ccc1F. The Bertz CT molecular complexity index is 486. The van der Waals surface area contributed by atoms with Crippen molar-refractivity contribution in [3.63, 3.8) is 0 Å². The maximum atomic E-state index is 13.1. The molecule has 0 spiro atoms. The van der Waals surface area contributed by atoms with Crippen molar-refractivity contribution >= 4 is 11.6 Å². The predicted molar refractivity (Wildman–Crippen MR) is 52.9 cm³/mol. The van der Waals surface area contributed by atoms with Crippen LogP contribution in [0.3, 0.4) is 0 Å². The van der Waals surface area contributed by atoms with Crippen LogP contribution in [0.1, 0.15) is 0 Å². The Morgan fingerprint density at radius 3 is 2.87 bits per heavy atom. The molecule has 6 heteroatoms. The molecule has 0 aliphatic carbocycles. The fourth-order valence-electron chi connectivity index (χ4n) is 1.19. The van der Waals surface area contributed by atoms with Gasteiger partial charge in [0.15, 0.2) is 11.6 Å². The Balaban J connectivity index is 2.51. The van der Waals surface area contributed by atoms with Crippen molar-refractivity contribution in [1.82, 2.24) is 14.8 Å². The van der Waals surface area contributed by atoms with Gasteiger partial charge in [-0.25, -0.2) is 4.39 Å². The first kappa shape index (κ1) is 9.92. The van der Waals surface area contributed by atoms with Crippen LogP contribution < -0.4 is 4.74 Å². The van der Waals surface area contributed by atoms with Crippen LogP contribution in [0.4, 0.5) is 4.39 Å². The van der Waals surface area contributed by atoms with Crippen molar-refractivity contribution in [1.29, 1.82) is 0 Å². The second kappa shape index (κ2) is 3.86. The molecular weight excluding hydrogens is 221 g/mol. The van der Waals surface area contributed by atoms with E-state index in [2.05, 4.69) is 10.2 Å². The van der Waals surface area contributed by atoms with Crippen LogP contribution in [0.5, 0.6) is 5.75 Å². The van der Waals surface area contributed by atoms with E-state index in [0.29, 0.717) is 5.69 Å². The highest BCUT2D eigenvalue weighted by Crippen LogP contribution is 2.22. The summed E-state index contributed by atoms with van der Waals surface area (Å²) in [5.41, 5.74) is 0.642. The molecule has 4 nitrogen and oxygen atoms in total. The van der Waals surface area contributed by atoms with Crippen LogP contribution in [0, 0.1) is 5.82 Å². The van der Waals surface area contributed by atoms with Crippen LogP contribution in [0.2, 0.25) is 5.28 Å². The van der Waals surface area contributed by atoms with Gasteiger partial charge < -0.3 is 4.74 Å². The molecule has 0 radical (unpaired) electrons. The Labute approximate surface area is 90.3 Å². The fraction of sp³-hybridized carbons (Fsp3) is 0.111. The number of aromatic nitrogens is 3. The highest BCUT2D eigenvalue weighted by atomic mass is 35.5. The third-order valence-corrected chi connectivity index (χ3v) is 2.18. The number of nitrogens with zero attached hydrogens (tertiary/aromatic N) is 3. The quantitative estimate of drug-likeness (QED) is 0.789. The molecule has 0 saturated heterocycles. The molecule has 1 aromatic heterocycles. The number of rotatable bonds is 2. The minimum absolute atomic E-state index is 0.150. The van der Waals surface area contributed by atoms with Crippen LogP contribution >= 0.6 is 11.6 Å². The van der Waals surface area contributed by atoms with Gasteiger partial charge in [0.05, 0.1) is 12.8 Å². The molecule has 2 aromatic rings. The van der Waals surface area contributed by atoms with Crippen molar-refractivity contribution in [2.45, 2.75) is 0 Å². The second-order valence-electron chi connectivity index (χ2n) is 2.79. The minimum Gasteiger partial charge on any atom is -0.494 e. The van der Waals surface area contributed by atoms with Gasteiger partial charge in [-0.15, -0.1) is 10.2 Å². The summed E-state index contributed by atoms with van der Waals surface area (Å²) in [7, 11) is 1.40. The molecule has 0 atom stereocenters. The summed E-state index contributed by atoms with van der Waals surface area (Å²) in [5.74, 6) is -0.275. The number of hydrogen-bond donors (Lipinski definition) is 0. The molecule has 0 N–H and O–H groups in total. The number of ether oxygens (including phenoxy) is 1. The molecule has 15 heavy (non-hydrogen) atoms. The summed E-state index contributed by atoms with van der Waals surface area (Å²) in [4.78, 5) is 0. The molecule has 0 fully saturated rings. The normalized spacial score (nSPS) is 10.3. The zero-order valence-electron chi connectivity index (χ0n) is 7.82. The molecule has 0 saturated carbocycles. The molecule has 0 aliphatic heterocycles. The molecular formula is C9H7ClFN3O. The van der Waals surface area contributed by atoms with Crippen molar-refractivity contribution < 1.29 is 9.13 Å². The number of methoxy groups -OCH3 is 1. The Morgan fingerprint density at radius 2 is 2.27 bits per heavy atom. The molecule has 0 unspecified atom stereocenters. The van der Waals surface area contributed by atoms with Gasteiger partial charge in [0, 0.05) is 6.07 Å². The lowest BCUT2D eigenvalue weighted by Gasteiger charge is -2.06. The van der Waals surface area contributed by atoms with Gasteiger partial charge in [0.25, 0.3) is 0 Å². The molecule has 0 bridgehead atoms. The molecule has 1 aromatic carbocycles. The fourth-order valence-corrected chi connectivity index (χ4v) is 1.38. The summed E-state index contributed by atoms with van der Waals surface area (Å²) in [5, 5.41) is 7.45. The third kappa shape index (κ3) is 1.78. The highest BCUT2D eigenvalue weighted by molar-refractivity contribution is 6.28.